The van der Waals surface area contributed by atoms with E-state index in [0.717, 1.165) is 0 Å². The van der Waals surface area contributed by atoms with Crippen LogP contribution in [0.15, 0.2) is 0 Å². The Bertz CT molecular complexity index is 37.7. The summed E-state index contributed by atoms with van der Waals surface area (Å²) in [6.07, 6.45) is 0. The monoisotopic (exact) mass is 244 g/mol. The van der Waals surface area contributed by atoms with Crippen molar-refractivity contribution in [2.75, 3.05) is 26.2 Å². The molecular formula is C4H11ClN2OPd. The summed E-state index contributed by atoms with van der Waals surface area (Å²) in [5.41, 5.74) is 5.09. The molecule has 0 aromatic carbocycles. The summed E-state index contributed by atoms with van der Waals surface area (Å²) >= 11 is 2.22. The van der Waals surface area contributed by atoms with Crippen molar-refractivity contribution >= 4 is 9.53 Å². The summed E-state index contributed by atoms with van der Waals surface area (Å²) in [7, 11) is 4.49. The van der Waals surface area contributed by atoms with Gasteiger partial charge in [0.05, 0.1) is 0 Å². The van der Waals surface area contributed by atoms with Crippen molar-refractivity contribution in [3.8, 4) is 0 Å². The second kappa shape index (κ2) is 15.9. The molecule has 0 fully saturated rings. The molecule has 5 heteroatoms. The average molecular weight is 245 g/mol. The predicted octanol–water partition coefficient (Wildman–Crippen LogP) is -0.00190. The van der Waals surface area contributed by atoms with Gasteiger partial charge in [0.2, 0.25) is 0 Å². The molecule has 0 atom stereocenters. The van der Waals surface area contributed by atoms with Crippen molar-refractivity contribution in [2.45, 2.75) is 0 Å². The zero-order valence-corrected chi connectivity index (χ0v) is 7.30. The van der Waals surface area contributed by atoms with Crippen LogP contribution in [0.1, 0.15) is 0 Å². The number of rotatable bonds is 4. The fraction of sp³-hybridized carbons (Fsp3) is 1.00. The van der Waals surface area contributed by atoms with Crippen LogP contribution >= 0.6 is 9.53 Å². The number of nitrogens with two attached hydrogens (primary N) is 1. The molecule has 9 heavy (non-hydrogen) atoms. The fourth-order valence-corrected chi connectivity index (χ4v) is 0.274. The van der Waals surface area contributed by atoms with E-state index >= 15 is 0 Å². The molecule has 0 aromatic heterocycles. The molecule has 0 amide bonds. The van der Waals surface area contributed by atoms with Crippen molar-refractivity contribution < 1.29 is 23.3 Å². The molecular weight excluding hydrogens is 234 g/mol. The quantitative estimate of drug-likeness (QED) is 0.541. The minimum absolute atomic E-state index is 0.139. The van der Waals surface area contributed by atoms with E-state index in [1.165, 1.54) is 0 Å². The number of hydrogen-bond acceptors (Lipinski definition) is 2. The summed E-state index contributed by atoms with van der Waals surface area (Å²) in [6, 6.07) is 0. The molecule has 0 aliphatic heterocycles. The zero-order valence-electron chi connectivity index (χ0n) is 4.99. The number of halogens is 1. The number of aliphatic hydroxyl groups excluding tert-OH is 1. The first kappa shape index (κ1) is 12.5. The normalized spacial score (nSPS) is 8.11. The number of aliphatic hydroxyl groups is 1. The molecule has 0 rings (SSSR count). The third kappa shape index (κ3) is 17.7. The summed E-state index contributed by atoms with van der Waals surface area (Å²) < 4.78 is 0. The van der Waals surface area contributed by atoms with Gasteiger partial charge in [-0.15, -0.1) is 13.1 Å². The van der Waals surface area contributed by atoms with E-state index in [-0.39, 0.29) is 6.61 Å². The molecule has 0 aliphatic carbocycles. The maximum atomic E-state index is 8.16. The van der Waals surface area contributed by atoms with E-state index in [1.54, 1.807) is 0 Å². The standard InChI is InChI=1S/C4H11N2O.ClH.Pd/c5-1-2-6-3-4-7;;/h7H,1-5H2;1H;/q-1;;+2/p-1. The average Bonchev–Trinajstić information content (AvgIpc) is 1.94. The number of hydrogen-bond donors (Lipinski definition) is 2. The Kier molecular flexibility index (Phi) is 22.1. The summed E-state index contributed by atoms with van der Waals surface area (Å²) in [4.78, 5) is 0. The molecule has 3 N–H and O–H groups in total. The van der Waals surface area contributed by atoms with Gasteiger partial charge >= 0.3 is 27.7 Å². The van der Waals surface area contributed by atoms with E-state index in [4.69, 9.17) is 10.8 Å². The van der Waals surface area contributed by atoms with Gasteiger partial charge in [-0.25, -0.2) is 0 Å². The summed E-state index contributed by atoms with van der Waals surface area (Å²) in [6.45, 7) is 1.91. The molecule has 0 saturated heterocycles. The molecule has 3 nitrogen and oxygen atoms in total. The molecule has 0 radical (unpaired) electrons. The fourth-order valence-electron chi connectivity index (χ4n) is 0.274. The van der Waals surface area contributed by atoms with Crippen LogP contribution in [0.2, 0.25) is 0 Å². The van der Waals surface area contributed by atoms with Gasteiger partial charge < -0.3 is 16.2 Å². The Morgan fingerprint density at radius 3 is 2.33 bits per heavy atom. The van der Waals surface area contributed by atoms with Crippen LogP contribution in [0.4, 0.5) is 0 Å². The first-order valence-electron chi connectivity index (χ1n) is 2.48. The minimum atomic E-state index is 0.139. The van der Waals surface area contributed by atoms with E-state index < -0.39 is 0 Å². The van der Waals surface area contributed by atoms with E-state index in [9.17, 15) is 0 Å². The summed E-state index contributed by atoms with van der Waals surface area (Å²) in [5, 5.41) is 12.0. The molecule has 0 bridgehead atoms. The van der Waals surface area contributed by atoms with E-state index in [2.05, 4.69) is 33.0 Å². The Morgan fingerprint density at radius 1 is 1.44 bits per heavy atom. The van der Waals surface area contributed by atoms with Gasteiger partial charge in [0, 0.05) is 6.61 Å². The zero-order chi connectivity index (χ0) is 7.54. The van der Waals surface area contributed by atoms with Gasteiger partial charge in [0.25, 0.3) is 0 Å². The van der Waals surface area contributed by atoms with Gasteiger partial charge in [0.15, 0.2) is 0 Å². The van der Waals surface area contributed by atoms with Crippen LogP contribution in [0.3, 0.4) is 0 Å². The van der Waals surface area contributed by atoms with Gasteiger partial charge in [-0.05, 0) is 6.54 Å². The first-order chi connectivity index (χ1) is 4.41. The summed E-state index contributed by atoms with van der Waals surface area (Å²) in [5.74, 6) is 0. The van der Waals surface area contributed by atoms with Crippen LogP contribution in [-0.2, 0) is 18.2 Å². The Hall–Kier alpha value is 0.832. The Morgan fingerprint density at radius 2 is 2.00 bits per heavy atom. The van der Waals surface area contributed by atoms with Crippen molar-refractivity contribution in [3.05, 3.63) is 5.32 Å². The van der Waals surface area contributed by atoms with Gasteiger partial charge in [0.1, 0.15) is 0 Å². The van der Waals surface area contributed by atoms with E-state index in [0.29, 0.717) is 19.6 Å². The van der Waals surface area contributed by atoms with Crippen LogP contribution in [0, 0.1) is 0 Å². The third-order valence-corrected chi connectivity index (χ3v) is 0.545. The van der Waals surface area contributed by atoms with Crippen molar-refractivity contribution in [2.24, 2.45) is 5.73 Å². The molecule has 60 valence electrons. The van der Waals surface area contributed by atoms with Crippen molar-refractivity contribution in [1.29, 1.82) is 0 Å². The van der Waals surface area contributed by atoms with Gasteiger partial charge in [-0.2, -0.15) is 0 Å². The van der Waals surface area contributed by atoms with Crippen LogP contribution < -0.4 is 5.73 Å². The van der Waals surface area contributed by atoms with Gasteiger partial charge in [-0.1, -0.05) is 0 Å². The molecule has 0 aromatic rings. The van der Waals surface area contributed by atoms with Gasteiger partial charge in [-0.3, -0.25) is 0 Å². The van der Waals surface area contributed by atoms with Crippen molar-refractivity contribution in [1.82, 2.24) is 0 Å². The molecule has 0 saturated carbocycles. The second-order valence-electron chi connectivity index (χ2n) is 1.18. The maximum absolute atomic E-state index is 8.16. The molecule has 0 heterocycles. The topological polar surface area (TPSA) is 60.4 Å². The Labute approximate surface area is 70.3 Å². The Balaban J connectivity index is 0. The number of nitrogens with zero attached hydrogens (tertiary/aromatic N) is 1. The van der Waals surface area contributed by atoms with Crippen LogP contribution in [-0.4, -0.2) is 31.3 Å². The third-order valence-electron chi connectivity index (χ3n) is 0.545. The SMILES string of the molecule is NCC[N-]CCO.[Cl][Pd+]. The molecule has 0 spiro atoms. The van der Waals surface area contributed by atoms with E-state index in [1.807, 2.05) is 0 Å². The second-order valence-corrected chi connectivity index (χ2v) is 1.18. The van der Waals surface area contributed by atoms with Crippen LogP contribution in [0.5, 0.6) is 0 Å². The van der Waals surface area contributed by atoms with Crippen molar-refractivity contribution in [3.63, 3.8) is 0 Å². The first-order valence-corrected chi connectivity index (χ1v) is 4.48. The predicted molar refractivity (Wildman–Crippen MR) is 35.1 cm³/mol. The molecule has 0 aliphatic rings. The van der Waals surface area contributed by atoms with Crippen LogP contribution in [0.25, 0.3) is 5.32 Å². The molecule has 0 unspecified atom stereocenters.